The fourth-order valence-corrected chi connectivity index (χ4v) is 2.86. The Morgan fingerprint density at radius 3 is 2.75 bits per heavy atom. The standard InChI is InChI=1S/C15H19NO4/c1-10(17)11-7-13-15(20-9-19-13)12(14(11)18)8-16-5-3-2-4-6-16/h7,18H,2-6,8-9H2,1H3. The third kappa shape index (κ3) is 2.33. The van der Waals surface area contributed by atoms with E-state index < -0.39 is 0 Å². The minimum atomic E-state index is -0.166. The molecule has 2 aliphatic heterocycles. The number of benzene rings is 1. The van der Waals surface area contributed by atoms with E-state index in [1.165, 1.54) is 26.2 Å². The third-order valence-electron chi connectivity index (χ3n) is 3.94. The number of ketones is 1. The van der Waals surface area contributed by atoms with Crippen LogP contribution in [0.4, 0.5) is 0 Å². The molecule has 0 unspecified atom stereocenters. The summed E-state index contributed by atoms with van der Waals surface area (Å²) in [4.78, 5) is 13.9. The van der Waals surface area contributed by atoms with Crippen molar-refractivity contribution in [2.75, 3.05) is 19.9 Å². The van der Waals surface area contributed by atoms with E-state index >= 15 is 0 Å². The van der Waals surface area contributed by atoms with Gasteiger partial charge in [0.15, 0.2) is 17.3 Å². The number of phenols is 1. The highest BCUT2D eigenvalue weighted by molar-refractivity contribution is 5.98. The first-order valence-electron chi connectivity index (χ1n) is 7.04. The smallest absolute Gasteiger partial charge is 0.231 e. The zero-order valence-corrected chi connectivity index (χ0v) is 11.6. The molecule has 1 aromatic rings. The van der Waals surface area contributed by atoms with Crippen LogP contribution in [0, 0.1) is 0 Å². The van der Waals surface area contributed by atoms with E-state index in [9.17, 15) is 9.90 Å². The summed E-state index contributed by atoms with van der Waals surface area (Å²) in [6, 6.07) is 1.57. The molecule has 5 heteroatoms. The van der Waals surface area contributed by atoms with Gasteiger partial charge in [-0.2, -0.15) is 0 Å². The largest absolute Gasteiger partial charge is 0.507 e. The molecule has 0 aromatic heterocycles. The average molecular weight is 277 g/mol. The first kappa shape index (κ1) is 13.2. The number of likely N-dealkylation sites (tertiary alicyclic amines) is 1. The number of hydrogen-bond acceptors (Lipinski definition) is 5. The minimum Gasteiger partial charge on any atom is -0.507 e. The molecular weight excluding hydrogens is 258 g/mol. The second kappa shape index (κ2) is 5.32. The van der Waals surface area contributed by atoms with Crippen molar-refractivity contribution >= 4 is 5.78 Å². The van der Waals surface area contributed by atoms with E-state index in [1.54, 1.807) is 6.07 Å². The van der Waals surface area contributed by atoms with Crippen LogP contribution in [0.25, 0.3) is 0 Å². The van der Waals surface area contributed by atoms with Crippen molar-refractivity contribution in [2.24, 2.45) is 0 Å². The number of fused-ring (bicyclic) bond motifs is 1. The van der Waals surface area contributed by atoms with Crippen LogP contribution < -0.4 is 9.47 Å². The predicted molar refractivity (Wildman–Crippen MR) is 73.4 cm³/mol. The Morgan fingerprint density at radius 1 is 1.30 bits per heavy atom. The van der Waals surface area contributed by atoms with E-state index in [0.29, 0.717) is 29.2 Å². The van der Waals surface area contributed by atoms with Crippen molar-refractivity contribution in [2.45, 2.75) is 32.7 Å². The van der Waals surface area contributed by atoms with Crippen molar-refractivity contribution < 1.29 is 19.4 Å². The van der Waals surface area contributed by atoms with E-state index in [4.69, 9.17) is 9.47 Å². The summed E-state index contributed by atoms with van der Waals surface area (Å²) < 4.78 is 10.8. The number of aromatic hydroxyl groups is 1. The highest BCUT2D eigenvalue weighted by Crippen LogP contribution is 2.43. The zero-order valence-electron chi connectivity index (χ0n) is 11.6. The van der Waals surface area contributed by atoms with Gasteiger partial charge in [0.2, 0.25) is 6.79 Å². The topological polar surface area (TPSA) is 59.0 Å². The lowest BCUT2D eigenvalue weighted by atomic mass is 10.0. The molecule has 5 nitrogen and oxygen atoms in total. The van der Waals surface area contributed by atoms with Crippen LogP contribution in [0.2, 0.25) is 0 Å². The van der Waals surface area contributed by atoms with Crippen molar-refractivity contribution in [3.63, 3.8) is 0 Å². The van der Waals surface area contributed by atoms with Gasteiger partial charge in [-0.3, -0.25) is 9.69 Å². The quantitative estimate of drug-likeness (QED) is 0.859. The zero-order chi connectivity index (χ0) is 14.1. The van der Waals surface area contributed by atoms with Crippen molar-refractivity contribution in [1.82, 2.24) is 4.90 Å². The summed E-state index contributed by atoms with van der Waals surface area (Å²) in [6.07, 6.45) is 3.60. The van der Waals surface area contributed by atoms with Crippen LogP contribution in [0.5, 0.6) is 17.2 Å². The molecule has 0 saturated carbocycles. The molecule has 20 heavy (non-hydrogen) atoms. The maximum absolute atomic E-state index is 11.6. The monoisotopic (exact) mass is 277 g/mol. The average Bonchev–Trinajstić information content (AvgIpc) is 2.90. The molecule has 1 N–H and O–H groups in total. The van der Waals surface area contributed by atoms with Gasteiger partial charge in [0.25, 0.3) is 0 Å². The molecule has 0 spiro atoms. The number of ether oxygens (including phenoxy) is 2. The van der Waals surface area contributed by atoms with Crippen molar-refractivity contribution in [3.05, 3.63) is 17.2 Å². The van der Waals surface area contributed by atoms with Gasteiger partial charge >= 0.3 is 0 Å². The number of Topliss-reactive ketones (excluding diaryl/α,β-unsaturated/α-hetero) is 1. The summed E-state index contributed by atoms with van der Waals surface area (Å²) in [5.74, 6) is 1.01. The Kier molecular flexibility index (Phi) is 3.53. The second-order valence-corrected chi connectivity index (χ2v) is 5.38. The van der Waals surface area contributed by atoms with Gasteiger partial charge in [-0.25, -0.2) is 0 Å². The fraction of sp³-hybridized carbons (Fsp3) is 0.533. The summed E-state index contributed by atoms with van der Waals surface area (Å²) in [7, 11) is 0. The summed E-state index contributed by atoms with van der Waals surface area (Å²) in [5, 5.41) is 10.4. The molecule has 2 heterocycles. The third-order valence-corrected chi connectivity index (χ3v) is 3.94. The highest BCUT2D eigenvalue weighted by atomic mass is 16.7. The van der Waals surface area contributed by atoms with Gasteiger partial charge in [0.05, 0.1) is 11.1 Å². The summed E-state index contributed by atoms with van der Waals surface area (Å²) in [6.45, 7) is 4.21. The molecule has 0 aliphatic carbocycles. The molecule has 1 fully saturated rings. The van der Waals surface area contributed by atoms with Crippen molar-refractivity contribution in [3.8, 4) is 17.2 Å². The normalized spacial score (nSPS) is 18.2. The minimum absolute atomic E-state index is 0.0346. The molecule has 2 aliphatic rings. The van der Waals surface area contributed by atoms with Gasteiger partial charge in [-0.1, -0.05) is 6.42 Å². The Morgan fingerprint density at radius 2 is 2.05 bits per heavy atom. The van der Waals surface area contributed by atoms with Crippen LogP contribution in [-0.4, -0.2) is 35.7 Å². The molecule has 0 amide bonds. The summed E-state index contributed by atoms with van der Waals surface area (Å²) in [5.41, 5.74) is 0.980. The number of hydrogen-bond donors (Lipinski definition) is 1. The Balaban J connectivity index is 1.97. The van der Waals surface area contributed by atoms with Crippen LogP contribution in [0.15, 0.2) is 6.07 Å². The maximum atomic E-state index is 11.6. The molecule has 3 rings (SSSR count). The summed E-state index contributed by atoms with van der Waals surface area (Å²) >= 11 is 0. The number of carbonyl (C=O) groups excluding carboxylic acids is 1. The molecule has 0 atom stereocenters. The van der Waals surface area contributed by atoms with E-state index in [-0.39, 0.29) is 18.3 Å². The molecule has 1 aromatic carbocycles. The maximum Gasteiger partial charge on any atom is 0.231 e. The number of rotatable bonds is 3. The first-order valence-corrected chi connectivity index (χ1v) is 7.04. The molecule has 0 bridgehead atoms. The second-order valence-electron chi connectivity index (χ2n) is 5.38. The lowest BCUT2D eigenvalue weighted by Gasteiger charge is -2.27. The van der Waals surface area contributed by atoms with Gasteiger partial charge < -0.3 is 14.6 Å². The van der Waals surface area contributed by atoms with Gasteiger partial charge in [-0.05, 0) is 38.9 Å². The molecule has 1 saturated heterocycles. The lowest BCUT2D eigenvalue weighted by molar-refractivity contribution is 0.101. The Hall–Kier alpha value is -1.75. The number of phenolic OH excluding ortho intramolecular Hbond substituents is 1. The van der Waals surface area contributed by atoms with E-state index in [0.717, 1.165) is 13.1 Å². The molecule has 108 valence electrons. The van der Waals surface area contributed by atoms with Crippen LogP contribution in [-0.2, 0) is 6.54 Å². The van der Waals surface area contributed by atoms with Gasteiger partial charge in [0.1, 0.15) is 5.75 Å². The number of nitrogens with zero attached hydrogens (tertiary/aromatic N) is 1. The highest BCUT2D eigenvalue weighted by Gasteiger charge is 2.27. The molecular formula is C15H19NO4. The van der Waals surface area contributed by atoms with Gasteiger partial charge in [0, 0.05) is 6.54 Å². The predicted octanol–water partition coefficient (Wildman–Crippen LogP) is 2.31. The van der Waals surface area contributed by atoms with Gasteiger partial charge in [-0.15, -0.1) is 0 Å². The number of piperidine rings is 1. The molecule has 0 radical (unpaired) electrons. The van der Waals surface area contributed by atoms with Crippen LogP contribution >= 0.6 is 0 Å². The van der Waals surface area contributed by atoms with Crippen LogP contribution in [0.1, 0.15) is 42.1 Å². The van der Waals surface area contributed by atoms with Crippen LogP contribution in [0.3, 0.4) is 0 Å². The first-order chi connectivity index (χ1) is 9.66. The van der Waals surface area contributed by atoms with Crippen molar-refractivity contribution in [1.29, 1.82) is 0 Å². The lowest BCUT2D eigenvalue weighted by Crippen LogP contribution is -2.29. The van der Waals surface area contributed by atoms with E-state index in [2.05, 4.69) is 4.90 Å². The van der Waals surface area contributed by atoms with E-state index in [1.807, 2.05) is 0 Å². The Labute approximate surface area is 118 Å². The number of carbonyl (C=O) groups is 1. The SMILES string of the molecule is CC(=O)c1cc2c(c(CN3CCCCC3)c1O)OCO2. The fourth-order valence-electron chi connectivity index (χ4n) is 2.86. The Bertz CT molecular complexity index is 535.